The highest BCUT2D eigenvalue weighted by atomic mass is 35.5. The third kappa shape index (κ3) is 4.19. The molecular weight excluding hydrogens is 238 g/mol. The van der Waals surface area contributed by atoms with Crippen LogP contribution in [0.2, 0.25) is 5.02 Å². The predicted octanol–water partition coefficient (Wildman–Crippen LogP) is 2.43. The molecule has 2 N–H and O–H groups in total. The van der Waals surface area contributed by atoms with Gasteiger partial charge in [-0.2, -0.15) is 0 Å². The van der Waals surface area contributed by atoms with Crippen molar-refractivity contribution in [1.29, 1.82) is 0 Å². The molecule has 0 aliphatic rings. The number of aliphatic hydroxyl groups is 2. The molecular formula is C13H20ClNO2. The number of hydrogen-bond donors (Lipinski definition) is 2. The van der Waals surface area contributed by atoms with Crippen molar-refractivity contribution in [1.82, 2.24) is 0 Å². The van der Waals surface area contributed by atoms with Crippen LogP contribution in [0.15, 0.2) is 18.2 Å². The standard InChI is InChI=1S/C13H20ClNO2/c1-15(8-3-2-4-9-16)13-7-5-6-12(14)11(13)10-17/h5-7,16-17H,2-4,8-10H2,1H3. The lowest BCUT2D eigenvalue weighted by Gasteiger charge is -2.22. The van der Waals surface area contributed by atoms with E-state index in [0.717, 1.165) is 37.1 Å². The minimum Gasteiger partial charge on any atom is -0.396 e. The zero-order chi connectivity index (χ0) is 12.7. The number of nitrogens with zero attached hydrogens (tertiary/aromatic N) is 1. The summed E-state index contributed by atoms with van der Waals surface area (Å²) in [4.78, 5) is 2.09. The highest BCUT2D eigenvalue weighted by Crippen LogP contribution is 2.27. The van der Waals surface area contributed by atoms with E-state index in [0.29, 0.717) is 5.02 Å². The van der Waals surface area contributed by atoms with Crippen LogP contribution < -0.4 is 4.90 Å². The van der Waals surface area contributed by atoms with E-state index in [4.69, 9.17) is 16.7 Å². The Balaban J connectivity index is 2.61. The van der Waals surface area contributed by atoms with Crippen molar-refractivity contribution >= 4 is 17.3 Å². The van der Waals surface area contributed by atoms with Crippen molar-refractivity contribution in [3.05, 3.63) is 28.8 Å². The molecule has 0 aromatic heterocycles. The minimum absolute atomic E-state index is 0.0456. The molecule has 1 aromatic carbocycles. The number of aliphatic hydroxyl groups excluding tert-OH is 2. The van der Waals surface area contributed by atoms with Crippen LogP contribution in [0.25, 0.3) is 0 Å². The van der Waals surface area contributed by atoms with Crippen molar-refractivity contribution < 1.29 is 10.2 Å². The van der Waals surface area contributed by atoms with Crippen molar-refractivity contribution in [3.63, 3.8) is 0 Å². The normalized spacial score (nSPS) is 10.6. The van der Waals surface area contributed by atoms with Gasteiger partial charge in [0.05, 0.1) is 6.61 Å². The van der Waals surface area contributed by atoms with E-state index >= 15 is 0 Å². The van der Waals surface area contributed by atoms with Crippen molar-refractivity contribution in [2.45, 2.75) is 25.9 Å². The maximum atomic E-state index is 9.31. The molecule has 4 heteroatoms. The first kappa shape index (κ1) is 14.3. The summed E-state index contributed by atoms with van der Waals surface area (Å²) in [5.41, 5.74) is 1.75. The molecule has 0 bridgehead atoms. The maximum Gasteiger partial charge on any atom is 0.0716 e. The van der Waals surface area contributed by atoms with E-state index in [-0.39, 0.29) is 13.2 Å². The number of halogens is 1. The summed E-state index contributed by atoms with van der Waals surface area (Å²) in [6.45, 7) is 1.10. The molecule has 0 radical (unpaired) electrons. The third-order valence-corrected chi connectivity index (χ3v) is 3.17. The van der Waals surface area contributed by atoms with Crippen molar-refractivity contribution in [2.75, 3.05) is 25.1 Å². The highest BCUT2D eigenvalue weighted by Gasteiger charge is 2.09. The van der Waals surface area contributed by atoms with Crippen LogP contribution in [0.4, 0.5) is 5.69 Å². The van der Waals surface area contributed by atoms with Crippen molar-refractivity contribution in [3.8, 4) is 0 Å². The van der Waals surface area contributed by atoms with Gasteiger partial charge in [-0.1, -0.05) is 17.7 Å². The number of benzene rings is 1. The largest absolute Gasteiger partial charge is 0.396 e. The van der Waals surface area contributed by atoms with Crippen LogP contribution in [-0.2, 0) is 6.61 Å². The van der Waals surface area contributed by atoms with Gasteiger partial charge < -0.3 is 15.1 Å². The van der Waals surface area contributed by atoms with Gasteiger partial charge in [0.15, 0.2) is 0 Å². The second-order valence-electron chi connectivity index (χ2n) is 4.10. The van der Waals surface area contributed by atoms with Gasteiger partial charge in [0.25, 0.3) is 0 Å². The van der Waals surface area contributed by atoms with Gasteiger partial charge in [0.2, 0.25) is 0 Å². The average Bonchev–Trinajstić information content (AvgIpc) is 2.34. The first-order chi connectivity index (χ1) is 8.20. The summed E-state index contributed by atoms with van der Waals surface area (Å²) in [5, 5.41) is 18.6. The van der Waals surface area contributed by atoms with E-state index in [1.54, 1.807) is 6.07 Å². The summed E-state index contributed by atoms with van der Waals surface area (Å²) in [7, 11) is 1.99. The molecule has 0 spiro atoms. The highest BCUT2D eigenvalue weighted by molar-refractivity contribution is 6.31. The van der Waals surface area contributed by atoms with Crippen LogP contribution in [0, 0.1) is 0 Å². The van der Waals surface area contributed by atoms with Crippen LogP contribution in [0.3, 0.4) is 0 Å². The zero-order valence-corrected chi connectivity index (χ0v) is 11.0. The van der Waals surface area contributed by atoms with Crippen molar-refractivity contribution in [2.24, 2.45) is 0 Å². The molecule has 17 heavy (non-hydrogen) atoms. The molecule has 1 aromatic rings. The molecule has 0 unspecified atom stereocenters. The van der Waals surface area contributed by atoms with Gasteiger partial charge in [-0.3, -0.25) is 0 Å². The van der Waals surface area contributed by atoms with Crippen LogP contribution >= 0.6 is 11.6 Å². The van der Waals surface area contributed by atoms with Gasteiger partial charge in [0.1, 0.15) is 0 Å². The Kier molecular flexibility index (Phi) is 6.34. The Morgan fingerprint density at radius 1 is 1.18 bits per heavy atom. The van der Waals surface area contributed by atoms with Crippen LogP contribution in [0.1, 0.15) is 24.8 Å². The second kappa shape index (κ2) is 7.54. The second-order valence-corrected chi connectivity index (χ2v) is 4.51. The predicted molar refractivity (Wildman–Crippen MR) is 71.6 cm³/mol. The lowest BCUT2D eigenvalue weighted by molar-refractivity contribution is 0.282. The molecule has 96 valence electrons. The van der Waals surface area contributed by atoms with E-state index in [1.807, 2.05) is 19.2 Å². The summed E-state index contributed by atoms with van der Waals surface area (Å²) in [6, 6.07) is 5.64. The van der Waals surface area contributed by atoms with Crippen LogP contribution in [0.5, 0.6) is 0 Å². The molecule has 0 saturated carbocycles. The Bertz CT molecular complexity index is 344. The zero-order valence-electron chi connectivity index (χ0n) is 10.2. The van der Waals surface area contributed by atoms with E-state index in [2.05, 4.69) is 4.90 Å². The monoisotopic (exact) mass is 257 g/mol. The average molecular weight is 258 g/mol. The molecule has 1 rings (SSSR count). The number of rotatable bonds is 7. The van der Waals surface area contributed by atoms with Gasteiger partial charge in [-0.05, 0) is 31.4 Å². The Morgan fingerprint density at radius 3 is 2.59 bits per heavy atom. The van der Waals surface area contributed by atoms with Gasteiger partial charge >= 0.3 is 0 Å². The van der Waals surface area contributed by atoms with Gasteiger partial charge in [-0.25, -0.2) is 0 Å². The van der Waals surface area contributed by atoms with E-state index in [9.17, 15) is 5.11 Å². The Hall–Kier alpha value is -0.770. The van der Waals surface area contributed by atoms with Gasteiger partial charge in [0, 0.05) is 36.5 Å². The number of hydrogen-bond acceptors (Lipinski definition) is 3. The summed E-state index contributed by atoms with van der Waals surface area (Å²) in [5.74, 6) is 0. The SMILES string of the molecule is CN(CCCCCO)c1cccc(Cl)c1CO. The summed E-state index contributed by atoms with van der Waals surface area (Å²) >= 11 is 6.04. The molecule has 0 heterocycles. The number of anilines is 1. The fraction of sp³-hybridized carbons (Fsp3) is 0.538. The third-order valence-electron chi connectivity index (χ3n) is 2.82. The first-order valence-corrected chi connectivity index (χ1v) is 6.28. The van der Waals surface area contributed by atoms with Crippen LogP contribution in [-0.4, -0.2) is 30.4 Å². The molecule has 0 fully saturated rings. The summed E-state index contributed by atoms with van der Waals surface area (Å²) < 4.78 is 0. The molecule has 0 saturated heterocycles. The maximum absolute atomic E-state index is 9.31. The number of unbranched alkanes of at least 4 members (excludes halogenated alkanes) is 2. The molecule has 0 aliphatic carbocycles. The topological polar surface area (TPSA) is 43.7 Å². The molecule has 3 nitrogen and oxygen atoms in total. The first-order valence-electron chi connectivity index (χ1n) is 5.91. The molecule has 0 amide bonds. The Labute approximate surface area is 108 Å². The Morgan fingerprint density at radius 2 is 1.94 bits per heavy atom. The summed E-state index contributed by atoms with van der Waals surface area (Å²) in [6.07, 6.45) is 2.88. The molecule has 0 aliphatic heterocycles. The lowest BCUT2D eigenvalue weighted by Crippen LogP contribution is -2.20. The van der Waals surface area contributed by atoms with E-state index in [1.165, 1.54) is 0 Å². The lowest BCUT2D eigenvalue weighted by atomic mass is 10.1. The quantitative estimate of drug-likeness (QED) is 0.738. The minimum atomic E-state index is -0.0456. The van der Waals surface area contributed by atoms with Gasteiger partial charge in [-0.15, -0.1) is 0 Å². The fourth-order valence-electron chi connectivity index (χ4n) is 1.82. The van der Waals surface area contributed by atoms with E-state index < -0.39 is 0 Å². The fourth-order valence-corrected chi connectivity index (χ4v) is 2.05. The molecule has 0 atom stereocenters. The smallest absolute Gasteiger partial charge is 0.0716 e.